The summed E-state index contributed by atoms with van der Waals surface area (Å²) in [5, 5.41) is 13.9. The molecule has 138 valence electrons. The number of amides is 1. The summed E-state index contributed by atoms with van der Waals surface area (Å²) in [5.41, 5.74) is 0.0584. The van der Waals surface area contributed by atoms with Gasteiger partial charge >= 0.3 is 0 Å². The van der Waals surface area contributed by atoms with Crippen LogP contribution >= 0.6 is 11.6 Å². The molecule has 1 amide bonds. The molecule has 0 radical (unpaired) electrons. The zero-order chi connectivity index (χ0) is 19.4. The van der Waals surface area contributed by atoms with Gasteiger partial charge in [0.2, 0.25) is 0 Å². The lowest BCUT2D eigenvalue weighted by Gasteiger charge is -2.09. The van der Waals surface area contributed by atoms with Crippen LogP contribution in [0.4, 0.5) is 11.4 Å². The lowest BCUT2D eigenvalue weighted by Crippen LogP contribution is -2.14. The Bertz CT molecular complexity index is 985. The number of aryl methyl sites for hydroxylation is 1. The summed E-state index contributed by atoms with van der Waals surface area (Å²) in [6.07, 6.45) is 3.51. The van der Waals surface area contributed by atoms with Gasteiger partial charge in [0.05, 0.1) is 4.92 Å². The van der Waals surface area contributed by atoms with Crippen LogP contribution in [0.5, 0.6) is 5.75 Å². The van der Waals surface area contributed by atoms with Gasteiger partial charge in [0.25, 0.3) is 11.6 Å². The van der Waals surface area contributed by atoms with E-state index in [1.54, 1.807) is 30.5 Å². The predicted octanol–water partition coefficient (Wildman–Crippen LogP) is 3.81. The van der Waals surface area contributed by atoms with E-state index >= 15 is 0 Å². The number of ether oxygens (including phenoxy) is 1. The first-order valence-corrected chi connectivity index (χ1v) is 8.26. The summed E-state index contributed by atoms with van der Waals surface area (Å²) in [5.74, 6) is 0.788. The molecule has 3 rings (SSSR count). The van der Waals surface area contributed by atoms with Crippen molar-refractivity contribution in [2.75, 3.05) is 5.32 Å². The molecule has 1 aromatic heterocycles. The molecule has 0 atom stereocenters. The van der Waals surface area contributed by atoms with Gasteiger partial charge in [0.15, 0.2) is 0 Å². The standard InChI is InChI=1S/C18H15ClN4O4/c1-22-9-8-20-17(22)11-27-14-5-3-13(4-6-14)21-18(24)15-7-2-12(19)10-16(15)23(25)26/h2-10H,11H2,1H3,(H,21,24). The van der Waals surface area contributed by atoms with E-state index < -0.39 is 10.8 Å². The SMILES string of the molecule is Cn1ccnc1COc1ccc(NC(=O)c2ccc(Cl)cc2[N+](=O)[O-])cc1. The first-order chi connectivity index (χ1) is 12.9. The molecule has 0 aliphatic carbocycles. The summed E-state index contributed by atoms with van der Waals surface area (Å²) in [6.45, 7) is 0.312. The van der Waals surface area contributed by atoms with Crippen LogP contribution in [0.3, 0.4) is 0 Å². The number of carbonyl (C=O) groups excluding carboxylic acids is 1. The second-order valence-electron chi connectivity index (χ2n) is 5.64. The number of nitrogens with zero attached hydrogens (tertiary/aromatic N) is 3. The Morgan fingerprint density at radius 2 is 2.04 bits per heavy atom. The maximum atomic E-state index is 12.4. The number of carbonyl (C=O) groups is 1. The van der Waals surface area contributed by atoms with E-state index in [9.17, 15) is 14.9 Å². The van der Waals surface area contributed by atoms with Crippen LogP contribution in [0.25, 0.3) is 0 Å². The summed E-state index contributed by atoms with van der Waals surface area (Å²) < 4.78 is 7.49. The fraction of sp³-hybridized carbons (Fsp3) is 0.111. The van der Waals surface area contributed by atoms with Crippen LogP contribution in [0.2, 0.25) is 5.02 Å². The Balaban J connectivity index is 1.67. The van der Waals surface area contributed by atoms with Crippen molar-refractivity contribution in [3.05, 3.63) is 81.4 Å². The molecule has 0 unspecified atom stereocenters. The second-order valence-corrected chi connectivity index (χ2v) is 6.08. The molecule has 27 heavy (non-hydrogen) atoms. The number of hydrogen-bond donors (Lipinski definition) is 1. The Morgan fingerprint density at radius 3 is 2.67 bits per heavy atom. The molecule has 1 N–H and O–H groups in total. The molecule has 2 aromatic carbocycles. The van der Waals surface area contributed by atoms with Crippen molar-refractivity contribution in [1.82, 2.24) is 9.55 Å². The normalized spacial score (nSPS) is 10.4. The Hall–Kier alpha value is -3.39. The van der Waals surface area contributed by atoms with Crippen molar-refractivity contribution in [2.45, 2.75) is 6.61 Å². The summed E-state index contributed by atoms with van der Waals surface area (Å²) in [4.78, 5) is 27.0. The molecule has 8 nitrogen and oxygen atoms in total. The minimum atomic E-state index is -0.644. The smallest absolute Gasteiger partial charge is 0.283 e. The van der Waals surface area contributed by atoms with Crippen LogP contribution in [-0.2, 0) is 13.7 Å². The van der Waals surface area contributed by atoms with Crippen molar-refractivity contribution >= 4 is 28.9 Å². The van der Waals surface area contributed by atoms with Gasteiger partial charge in [0, 0.05) is 36.2 Å². The highest BCUT2D eigenvalue weighted by molar-refractivity contribution is 6.31. The van der Waals surface area contributed by atoms with Gasteiger partial charge in [-0.1, -0.05) is 11.6 Å². The zero-order valence-corrected chi connectivity index (χ0v) is 15.0. The zero-order valence-electron chi connectivity index (χ0n) is 14.3. The molecule has 0 bridgehead atoms. The molecule has 1 heterocycles. The topological polar surface area (TPSA) is 99.3 Å². The van der Waals surface area contributed by atoms with E-state index in [0.717, 1.165) is 11.9 Å². The van der Waals surface area contributed by atoms with E-state index in [2.05, 4.69) is 10.3 Å². The summed E-state index contributed by atoms with van der Waals surface area (Å²) in [7, 11) is 1.88. The van der Waals surface area contributed by atoms with E-state index in [4.69, 9.17) is 16.3 Å². The molecule has 0 saturated heterocycles. The van der Waals surface area contributed by atoms with Gasteiger partial charge in [0.1, 0.15) is 23.7 Å². The number of nitro groups is 1. The predicted molar refractivity (Wildman–Crippen MR) is 100 cm³/mol. The average molecular weight is 387 g/mol. The number of hydrogen-bond acceptors (Lipinski definition) is 5. The molecular formula is C18H15ClN4O4. The molecule has 0 spiro atoms. The van der Waals surface area contributed by atoms with E-state index in [1.807, 2.05) is 17.8 Å². The fourth-order valence-corrected chi connectivity index (χ4v) is 2.53. The molecule has 9 heteroatoms. The van der Waals surface area contributed by atoms with Gasteiger partial charge in [-0.3, -0.25) is 14.9 Å². The highest BCUT2D eigenvalue weighted by Gasteiger charge is 2.20. The third-order valence-corrected chi connectivity index (χ3v) is 4.04. The number of aromatic nitrogens is 2. The number of rotatable bonds is 6. The Kier molecular flexibility index (Phi) is 5.37. The van der Waals surface area contributed by atoms with Crippen molar-refractivity contribution in [3.63, 3.8) is 0 Å². The van der Waals surface area contributed by atoms with Crippen LogP contribution in [0.15, 0.2) is 54.9 Å². The maximum absolute atomic E-state index is 12.4. The van der Waals surface area contributed by atoms with E-state index in [1.165, 1.54) is 12.1 Å². The summed E-state index contributed by atoms with van der Waals surface area (Å²) in [6, 6.07) is 10.6. The molecular weight excluding hydrogens is 372 g/mol. The first-order valence-electron chi connectivity index (χ1n) is 7.88. The maximum Gasteiger partial charge on any atom is 0.283 e. The number of imidazole rings is 1. The quantitative estimate of drug-likeness (QED) is 0.513. The fourth-order valence-electron chi connectivity index (χ4n) is 2.36. The molecule has 0 fully saturated rings. The van der Waals surface area contributed by atoms with Crippen molar-refractivity contribution in [2.24, 2.45) is 7.05 Å². The lowest BCUT2D eigenvalue weighted by atomic mass is 10.1. The minimum absolute atomic E-state index is 0.0699. The largest absolute Gasteiger partial charge is 0.486 e. The van der Waals surface area contributed by atoms with E-state index in [-0.39, 0.29) is 16.3 Å². The number of nitrogens with one attached hydrogen (secondary N) is 1. The Morgan fingerprint density at radius 1 is 1.30 bits per heavy atom. The number of nitro benzene ring substituents is 1. The lowest BCUT2D eigenvalue weighted by molar-refractivity contribution is -0.385. The van der Waals surface area contributed by atoms with Gasteiger partial charge in [-0.25, -0.2) is 4.98 Å². The van der Waals surface area contributed by atoms with Gasteiger partial charge < -0.3 is 14.6 Å². The van der Waals surface area contributed by atoms with Crippen LogP contribution in [-0.4, -0.2) is 20.4 Å². The van der Waals surface area contributed by atoms with Crippen molar-refractivity contribution < 1.29 is 14.5 Å². The number of benzene rings is 2. The molecule has 3 aromatic rings. The van der Waals surface area contributed by atoms with E-state index in [0.29, 0.717) is 18.0 Å². The highest BCUT2D eigenvalue weighted by Crippen LogP contribution is 2.24. The van der Waals surface area contributed by atoms with Gasteiger partial charge in [-0.05, 0) is 36.4 Å². The number of halogens is 1. The minimum Gasteiger partial charge on any atom is -0.486 e. The molecule has 0 aliphatic heterocycles. The van der Waals surface area contributed by atoms with Crippen molar-refractivity contribution in [1.29, 1.82) is 0 Å². The van der Waals surface area contributed by atoms with Gasteiger partial charge in [-0.15, -0.1) is 0 Å². The third-order valence-electron chi connectivity index (χ3n) is 3.80. The second kappa shape index (κ2) is 7.88. The highest BCUT2D eigenvalue weighted by atomic mass is 35.5. The molecule has 0 saturated carbocycles. The monoisotopic (exact) mass is 386 g/mol. The third kappa shape index (κ3) is 4.42. The van der Waals surface area contributed by atoms with Crippen molar-refractivity contribution in [3.8, 4) is 5.75 Å². The van der Waals surface area contributed by atoms with Crippen LogP contribution in [0, 0.1) is 10.1 Å². The first kappa shape index (κ1) is 18.4. The van der Waals surface area contributed by atoms with Crippen LogP contribution < -0.4 is 10.1 Å². The van der Waals surface area contributed by atoms with Crippen LogP contribution in [0.1, 0.15) is 16.2 Å². The Labute approximate surface area is 159 Å². The average Bonchev–Trinajstić information content (AvgIpc) is 3.06. The number of anilines is 1. The molecule has 0 aliphatic rings. The van der Waals surface area contributed by atoms with Gasteiger partial charge in [-0.2, -0.15) is 0 Å². The summed E-state index contributed by atoms with van der Waals surface area (Å²) >= 11 is 5.76.